The molecule has 3 aliphatic heterocycles. The third kappa shape index (κ3) is 2.80. The van der Waals surface area contributed by atoms with Crippen LogP contribution < -0.4 is 0 Å². The molecule has 3 aliphatic rings. The fourth-order valence-electron chi connectivity index (χ4n) is 3.97. The number of thioether (sulfide) groups is 1. The molecular formula is C19H18N2O8S. The summed E-state index contributed by atoms with van der Waals surface area (Å²) in [4.78, 5) is 64.2. The summed E-state index contributed by atoms with van der Waals surface area (Å²) in [5, 5.41) is 10.2. The number of fused-ring (bicyclic) bond motifs is 2. The summed E-state index contributed by atoms with van der Waals surface area (Å²) in [5.74, 6) is -3.44. The fourth-order valence-corrected chi connectivity index (χ4v) is 5.48. The molecule has 158 valence electrons. The smallest absolute Gasteiger partial charge is 0.331 e. The van der Waals surface area contributed by atoms with E-state index in [0.29, 0.717) is 0 Å². The van der Waals surface area contributed by atoms with Gasteiger partial charge in [0.25, 0.3) is 17.7 Å². The van der Waals surface area contributed by atoms with Crippen molar-refractivity contribution in [2.75, 3.05) is 19.5 Å². The van der Waals surface area contributed by atoms with Gasteiger partial charge in [-0.05, 0) is 12.1 Å². The lowest BCUT2D eigenvalue weighted by atomic mass is 9.89. The van der Waals surface area contributed by atoms with Crippen molar-refractivity contribution in [3.63, 3.8) is 0 Å². The number of benzene rings is 1. The Bertz CT molecular complexity index is 946. The first-order valence-electron chi connectivity index (χ1n) is 9.05. The molecule has 2 fully saturated rings. The van der Waals surface area contributed by atoms with Crippen molar-refractivity contribution in [2.45, 2.75) is 30.0 Å². The second-order valence-corrected chi connectivity index (χ2v) is 8.33. The molecule has 3 amide bonds. The van der Waals surface area contributed by atoms with E-state index in [4.69, 9.17) is 9.47 Å². The van der Waals surface area contributed by atoms with Crippen molar-refractivity contribution in [2.24, 2.45) is 0 Å². The third-order valence-corrected chi connectivity index (χ3v) is 6.89. The van der Waals surface area contributed by atoms with E-state index < -0.39 is 59.3 Å². The monoisotopic (exact) mass is 434 g/mol. The molecule has 0 aromatic heterocycles. The summed E-state index contributed by atoms with van der Waals surface area (Å²) < 4.78 is 9.65. The lowest BCUT2D eigenvalue weighted by Gasteiger charge is -2.57. The highest BCUT2D eigenvalue weighted by atomic mass is 32.2. The average Bonchev–Trinajstić information content (AvgIpc) is 2.97. The molecule has 3 heterocycles. The minimum Gasteiger partial charge on any atom is -0.467 e. The quantitative estimate of drug-likeness (QED) is 0.375. The number of methoxy groups -OCH3 is 1. The Labute approximate surface area is 175 Å². The summed E-state index contributed by atoms with van der Waals surface area (Å²) >= 11 is 1.09. The molecule has 1 N–H and O–H groups in total. The van der Waals surface area contributed by atoms with Crippen molar-refractivity contribution in [1.82, 2.24) is 9.80 Å². The van der Waals surface area contributed by atoms with E-state index in [9.17, 15) is 29.1 Å². The number of hydrogen-bond donors (Lipinski definition) is 1. The Balaban J connectivity index is 1.63. The number of carbonyl (C=O) groups excluding carboxylic acids is 5. The molecular weight excluding hydrogens is 416 g/mol. The number of imide groups is 1. The van der Waals surface area contributed by atoms with E-state index in [2.05, 4.69) is 0 Å². The van der Waals surface area contributed by atoms with E-state index >= 15 is 0 Å². The van der Waals surface area contributed by atoms with Crippen LogP contribution >= 0.6 is 11.8 Å². The summed E-state index contributed by atoms with van der Waals surface area (Å²) in [7, 11) is 1.11. The van der Waals surface area contributed by atoms with Crippen LogP contribution in [-0.2, 0) is 23.9 Å². The molecule has 0 saturated carbocycles. The first kappa shape index (κ1) is 20.4. The molecule has 0 bridgehead atoms. The SMILES string of the molecule is COC(=O)C1N2C(=O)C(N3C(=O)c4ccccc4C3=O)[C@H]2SCC1(O)COC(C)=O. The predicted molar refractivity (Wildman–Crippen MR) is 101 cm³/mol. The minimum atomic E-state index is -1.87. The molecule has 11 heteroatoms. The van der Waals surface area contributed by atoms with Crippen molar-refractivity contribution in [1.29, 1.82) is 0 Å². The maximum atomic E-state index is 13.0. The molecule has 1 aromatic rings. The van der Waals surface area contributed by atoms with Gasteiger partial charge in [-0.25, -0.2) is 4.79 Å². The number of nitrogens with zero attached hydrogens (tertiary/aromatic N) is 2. The maximum absolute atomic E-state index is 13.0. The van der Waals surface area contributed by atoms with Crippen LogP contribution in [0.3, 0.4) is 0 Å². The summed E-state index contributed by atoms with van der Waals surface area (Å²) in [6, 6.07) is 3.74. The molecule has 4 atom stereocenters. The van der Waals surface area contributed by atoms with Crippen molar-refractivity contribution >= 4 is 41.4 Å². The number of esters is 2. The number of amides is 3. The molecule has 1 aromatic carbocycles. The van der Waals surface area contributed by atoms with Gasteiger partial charge >= 0.3 is 11.9 Å². The lowest BCUT2D eigenvalue weighted by Crippen LogP contribution is -2.80. The van der Waals surface area contributed by atoms with Gasteiger partial charge in [-0.15, -0.1) is 11.8 Å². The highest BCUT2D eigenvalue weighted by Crippen LogP contribution is 2.46. The summed E-state index contributed by atoms with van der Waals surface area (Å²) in [6.45, 7) is 0.644. The Morgan fingerprint density at radius 1 is 1.20 bits per heavy atom. The number of carbonyl (C=O) groups is 5. The van der Waals surface area contributed by atoms with Gasteiger partial charge in [-0.2, -0.15) is 0 Å². The van der Waals surface area contributed by atoms with Gasteiger partial charge < -0.3 is 19.5 Å². The average molecular weight is 434 g/mol. The molecule has 0 aliphatic carbocycles. The summed E-state index contributed by atoms with van der Waals surface area (Å²) in [5.41, 5.74) is -1.45. The highest BCUT2D eigenvalue weighted by molar-refractivity contribution is 8.00. The summed E-state index contributed by atoms with van der Waals surface area (Å²) in [6.07, 6.45) is 0. The number of rotatable bonds is 4. The predicted octanol–water partition coefficient (Wildman–Crippen LogP) is -0.598. The Kier molecular flexibility index (Phi) is 4.82. The van der Waals surface area contributed by atoms with Gasteiger partial charge in [-0.3, -0.25) is 24.1 Å². The molecule has 2 saturated heterocycles. The largest absolute Gasteiger partial charge is 0.467 e. The van der Waals surface area contributed by atoms with Crippen molar-refractivity contribution in [3.8, 4) is 0 Å². The Morgan fingerprint density at radius 2 is 1.80 bits per heavy atom. The third-order valence-electron chi connectivity index (χ3n) is 5.40. The normalized spacial score (nSPS) is 29.8. The number of ether oxygens (including phenoxy) is 2. The molecule has 10 nitrogen and oxygen atoms in total. The van der Waals surface area contributed by atoms with Gasteiger partial charge in [0.2, 0.25) is 0 Å². The molecule has 30 heavy (non-hydrogen) atoms. The number of hydrogen-bond acceptors (Lipinski definition) is 9. The van der Waals surface area contributed by atoms with Gasteiger partial charge in [0.1, 0.15) is 23.6 Å². The van der Waals surface area contributed by atoms with Crippen molar-refractivity contribution < 1.29 is 38.6 Å². The molecule has 0 radical (unpaired) electrons. The fraction of sp³-hybridized carbons (Fsp3) is 0.421. The van der Waals surface area contributed by atoms with Crippen LogP contribution in [0.2, 0.25) is 0 Å². The van der Waals surface area contributed by atoms with Crippen LogP contribution in [0.4, 0.5) is 0 Å². The van der Waals surface area contributed by atoms with E-state index in [-0.39, 0.29) is 16.9 Å². The number of aliphatic hydroxyl groups is 1. The van der Waals surface area contributed by atoms with E-state index in [1.165, 1.54) is 12.1 Å². The Hall–Kier alpha value is -2.92. The van der Waals surface area contributed by atoms with Crippen LogP contribution in [0.25, 0.3) is 0 Å². The van der Waals surface area contributed by atoms with E-state index in [1.807, 2.05) is 0 Å². The first-order valence-corrected chi connectivity index (χ1v) is 10.1. The van der Waals surface area contributed by atoms with Crippen LogP contribution in [0.15, 0.2) is 24.3 Å². The van der Waals surface area contributed by atoms with Crippen LogP contribution in [-0.4, -0.2) is 87.1 Å². The topological polar surface area (TPSA) is 131 Å². The zero-order valence-electron chi connectivity index (χ0n) is 16.1. The zero-order chi connectivity index (χ0) is 21.8. The standard InChI is InChI=1S/C19H18N2O8S/c1-9(22)29-7-19(27)8-30-17-12(16(25)21(17)13(19)18(26)28-2)20-14(23)10-5-3-4-6-11(10)15(20)24/h3-6,12-13,17,27H,7-8H2,1-2H3/t12?,13?,17-,19?/m1/s1. The van der Waals surface area contributed by atoms with E-state index in [1.54, 1.807) is 12.1 Å². The van der Waals surface area contributed by atoms with E-state index in [0.717, 1.165) is 35.6 Å². The Morgan fingerprint density at radius 3 is 2.33 bits per heavy atom. The second kappa shape index (κ2) is 7.10. The first-order chi connectivity index (χ1) is 14.2. The van der Waals surface area contributed by atoms with Crippen LogP contribution in [0, 0.1) is 0 Å². The van der Waals surface area contributed by atoms with Gasteiger partial charge in [-0.1, -0.05) is 12.1 Å². The maximum Gasteiger partial charge on any atom is 0.331 e. The van der Waals surface area contributed by atoms with Gasteiger partial charge in [0.15, 0.2) is 6.04 Å². The molecule has 4 rings (SSSR count). The molecule has 3 unspecified atom stereocenters. The van der Waals surface area contributed by atoms with Gasteiger partial charge in [0, 0.05) is 12.7 Å². The number of β-lactam (4-membered cyclic amide) rings is 1. The minimum absolute atomic E-state index is 0.0752. The zero-order valence-corrected chi connectivity index (χ0v) is 16.9. The van der Waals surface area contributed by atoms with Crippen LogP contribution in [0.1, 0.15) is 27.6 Å². The van der Waals surface area contributed by atoms with Gasteiger partial charge in [0.05, 0.1) is 18.2 Å². The van der Waals surface area contributed by atoms with Crippen LogP contribution in [0.5, 0.6) is 0 Å². The second-order valence-electron chi connectivity index (χ2n) is 7.23. The molecule has 0 spiro atoms. The van der Waals surface area contributed by atoms with Crippen molar-refractivity contribution in [3.05, 3.63) is 35.4 Å². The lowest BCUT2D eigenvalue weighted by molar-refractivity contribution is -0.186. The highest BCUT2D eigenvalue weighted by Gasteiger charge is 2.66.